The Labute approximate surface area is 169 Å². The first kappa shape index (κ1) is 19.2. The predicted octanol–water partition coefficient (Wildman–Crippen LogP) is 3.75. The molecule has 7 heteroatoms. The van der Waals surface area contributed by atoms with Gasteiger partial charge in [0.25, 0.3) is 0 Å². The molecule has 3 aromatic carbocycles. The minimum absolute atomic E-state index is 0.196. The van der Waals surface area contributed by atoms with Crippen molar-refractivity contribution in [3.05, 3.63) is 95.1 Å². The molecule has 4 rings (SSSR count). The molecule has 0 aromatic heterocycles. The maximum absolute atomic E-state index is 12.4. The van der Waals surface area contributed by atoms with Crippen LogP contribution in [-0.4, -0.2) is 14.4 Å². The minimum atomic E-state index is -3.61. The van der Waals surface area contributed by atoms with E-state index in [1.165, 1.54) is 0 Å². The molecule has 29 heavy (non-hydrogen) atoms. The topological polar surface area (TPSA) is 84.5 Å². The summed E-state index contributed by atoms with van der Waals surface area (Å²) < 4.78 is 32.9. The lowest BCUT2D eigenvalue weighted by Gasteiger charge is -2.28. The molecule has 3 aromatic rings. The average molecular weight is 408 g/mol. The van der Waals surface area contributed by atoms with Crippen molar-refractivity contribution in [2.45, 2.75) is 24.6 Å². The Morgan fingerprint density at radius 3 is 2.38 bits per heavy atom. The Morgan fingerprint density at radius 2 is 1.66 bits per heavy atom. The summed E-state index contributed by atoms with van der Waals surface area (Å²) in [6.07, 6.45) is -0.618. The van der Waals surface area contributed by atoms with Gasteiger partial charge in [-0.3, -0.25) is 0 Å². The van der Waals surface area contributed by atoms with Crippen LogP contribution in [0.3, 0.4) is 0 Å². The summed E-state index contributed by atoms with van der Waals surface area (Å²) in [4.78, 5) is 12.5. The second-order valence-corrected chi connectivity index (χ2v) is 8.56. The van der Waals surface area contributed by atoms with Crippen LogP contribution in [0.25, 0.3) is 0 Å². The van der Waals surface area contributed by atoms with Crippen molar-refractivity contribution in [2.24, 2.45) is 0 Å². The Kier molecular flexibility index (Phi) is 5.08. The first-order chi connectivity index (χ1) is 13.9. The first-order valence-corrected chi connectivity index (χ1v) is 10.6. The Balaban J connectivity index is 1.45. The van der Waals surface area contributed by atoms with Gasteiger partial charge in [0, 0.05) is 0 Å². The van der Waals surface area contributed by atoms with E-state index >= 15 is 0 Å². The molecule has 0 unspecified atom stereocenters. The molecule has 0 aliphatic carbocycles. The van der Waals surface area contributed by atoms with Crippen LogP contribution >= 0.6 is 0 Å². The number of anilines is 1. The molecule has 0 radical (unpaired) electrons. The number of carbonyl (C=O) groups is 1. The van der Waals surface area contributed by atoms with E-state index in [9.17, 15) is 13.2 Å². The highest BCUT2D eigenvalue weighted by molar-refractivity contribution is 7.89. The van der Waals surface area contributed by atoms with Gasteiger partial charge in [-0.25, -0.2) is 13.2 Å². The van der Waals surface area contributed by atoms with Crippen molar-refractivity contribution in [3.63, 3.8) is 0 Å². The van der Waals surface area contributed by atoms with Crippen molar-refractivity contribution in [2.75, 3.05) is 5.32 Å². The quantitative estimate of drug-likeness (QED) is 0.642. The molecule has 0 spiro atoms. The largest absolute Gasteiger partial charge is 0.457 e. The van der Waals surface area contributed by atoms with E-state index in [2.05, 4.69) is 10.0 Å². The summed E-state index contributed by atoms with van der Waals surface area (Å²) in [5.74, 6) is -0.431. The number of aryl methyl sites for hydroxylation is 1. The zero-order chi connectivity index (χ0) is 20.4. The Hall–Kier alpha value is -3.16. The van der Waals surface area contributed by atoms with Crippen molar-refractivity contribution in [1.82, 2.24) is 4.72 Å². The van der Waals surface area contributed by atoms with E-state index in [4.69, 9.17) is 4.74 Å². The van der Waals surface area contributed by atoms with Gasteiger partial charge in [-0.2, -0.15) is 4.72 Å². The summed E-state index contributed by atoms with van der Waals surface area (Å²) >= 11 is 0. The standard InChI is InChI=1S/C22H20N2O4S/c1-15-6-8-16(9-7-15)14-28-22(25)18-12-10-17(11-13-18)21-23-19-4-2-3-5-20(19)29(26,27)24-21/h2-13,21,23-24H,14H2,1H3/t21-/m1/s1. The zero-order valence-corrected chi connectivity index (χ0v) is 16.6. The number of hydrogen-bond donors (Lipinski definition) is 2. The van der Waals surface area contributed by atoms with Crippen LogP contribution in [0.1, 0.15) is 33.2 Å². The number of rotatable bonds is 4. The summed E-state index contributed by atoms with van der Waals surface area (Å²) in [6, 6.07) is 21.2. The summed E-state index contributed by atoms with van der Waals surface area (Å²) in [5.41, 5.74) is 3.70. The van der Waals surface area contributed by atoms with Crippen molar-refractivity contribution in [3.8, 4) is 0 Å². The third kappa shape index (κ3) is 4.16. The molecule has 0 saturated heterocycles. The minimum Gasteiger partial charge on any atom is -0.457 e. The summed E-state index contributed by atoms with van der Waals surface area (Å²) in [5, 5.41) is 3.16. The van der Waals surface area contributed by atoms with Gasteiger partial charge in [0.1, 0.15) is 17.7 Å². The van der Waals surface area contributed by atoms with Gasteiger partial charge in [-0.1, -0.05) is 54.1 Å². The molecule has 1 aliphatic rings. The smallest absolute Gasteiger partial charge is 0.338 e. The molecule has 2 N–H and O–H groups in total. The molecule has 148 valence electrons. The van der Waals surface area contributed by atoms with E-state index in [1.54, 1.807) is 48.5 Å². The van der Waals surface area contributed by atoms with E-state index in [0.717, 1.165) is 11.1 Å². The number of para-hydroxylation sites is 1. The van der Waals surface area contributed by atoms with E-state index in [0.29, 0.717) is 16.8 Å². The number of esters is 1. The fourth-order valence-electron chi connectivity index (χ4n) is 3.10. The third-order valence-corrected chi connectivity index (χ3v) is 6.20. The Morgan fingerprint density at radius 1 is 0.966 bits per heavy atom. The second-order valence-electron chi connectivity index (χ2n) is 6.88. The second kappa shape index (κ2) is 7.69. The lowest BCUT2D eigenvalue weighted by Crippen LogP contribution is -2.38. The number of benzene rings is 3. The molecular formula is C22H20N2O4S. The molecule has 0 amide bonds. The molecule has 1 atom stereocenters. The molecular weight excluding hydrogens is 388 g/mol. The SMILES string of the molecule is Cc1ccc(COC(=O)c2ccc([C@@H]3Nc4ccccc4S(=O)(=O)N3)cc2)cc1. The monoisotopic (exact) mass is 408 g/mol. The fourth-order valence-corrected chi connectivity index (χ4v) is 4.41. The number of hydrogen-bond acceptors (Lipinski definition) is 5. The number of ether oxygens (including phenoxy) is 1. The number of carbonyl (C=O) groups excluding carboxylic acids is 1. The van der Waals surface area contributed by atoms with Gasteiger partial charge in [0.2, 0.25) is 10.0 Å². The van der Waals surface area contributed by atoms with E-state index < -0.39 is 22.2 Å². The van der Waals surface area contributed by atoms with Crippen LogP contribution in [0.2, 0.25) is 0 Å². The fraction of sp³-hybridized carbons (Fsp3) is 0.136. The molecule has 0 bridgehead atoms. The van der Waals surface area contributed by atoms with E-state index in [1.807, 2.05) is 31.2 Å². The summed E-state index contributed by atoms with van der Waals surface area (Å²) in [6.45, 7) is 2.19. The van der Waals surface area contributed by atoms with Gasteiger partial charge in [-0.15, -0.1) is 0 Å². The molecule has 1 aliphatic heterocycles. The van der Waals surface area contributed by atoms with Crippen molar-refractivity contribution in [1.29, 1.82) is 0 Å². The third-order valence-electron chi connectivity index (χ3n) is 4.72. The lowest BCUT2D eigenvalue weighted by atomic mass is 10.1. The van der Waals surface area contributed by atoms with Crippen LogP contribution in [-0.2, 0) is 21.4 Å². The highest BCUT2D eigenvalue weighted by Gasteiger charge is 2.29. The van der Waals surface area contributed by atoms with Gasteiger partial charge in [0.05, 0.1) is 11.3 Å². The van der Waals surface area contributed by atoms with Crippen LogP contribution in [0.5, 0.6) is 0 Å². The van der Waals surface area contributed by atoms with Gasteiger partial charge < -0.3 is 10.1 Å². The number of sulfonamides is 1. The van der Waals surface area contributed by atoms with Gasteiger partial charge >= 0.3 is 5.97 Å². The summed E-state index contributed by atoms with van der Waals surface area (Å²) in [7, 11) is -3.61. The lowest BCUT2D eigenvalue weighted by molar-refractivity contribution is 0.0472. The molecule has 0 fully saturated rings. The van der Waals surface area contributed by atoms with Crippen LogP contribution in [0.15, 0.2) is 77.7 Å². The maximum Gasteiger partial charge on any atom is 0.338 e. The highest BCUT2D eigenvalue weighted by atomic mass is 32.2. The van der Waals surface area contributed by atoms with Crippen LogP contribution in [0.4, 0.5) is 5.69 Å². The van der Waals surface area contributed by atoms with Crippen LogP contribution in [0, 0.1) is 6.92 Å². The van der Waals surface area contributed by atoms with Gasteiger partial charge in [0.15, 0.2) is 0 Å². The number of nitrogens with one attached hydrogen (secondary N) is 2. The predicted molar refractivity (Wildman–Crippen MR) is 110 cm³/mol. The normalized spacial score (nSPS) is 17.1. The zero-order valence-electron chi connectivity index (χ0n) is 15.8. The average Bonchev–Trinajstić information content (AvgIpc) is 2.73. The van der Waals surface area contributed by atoms with Crippen molar-refractivity contribution < 1.29 is 17.9 Å². The maximum atomic E-state index is 12.4. The molecule has 6 nitrogen and oxygen atoms in total. The van der Waals surface area contributed by atoms with Gasteiger partial charge in [-0.05, 0) is 42.3 Å². The van der Waals surface area contributed by atoms with E-state index in [-0.39, 0.29) is 11.5 Å². The first-order valence-electron chi connectivity index (χ1n) is 9.13. The number of fused-ring (bicyclic) bond motifs is 1. The molecule has 1 heterocycles. The molecule has 0 saturated carbocycles. The highest BCUT2D eigenvalue weighted by Crippen LogP contribution is 2.30. The Bertz CT molecular complexity index is 1140. The van der Waals surface area contributed by atoms with Crippen molar-refractivity contribution >= 4 is 21.7 Å². The van der Waals surface area contributed by atoms with Crippen LogP contribution < -0.4 is 10.0 Å².